The van der Waals surface area contributed by atoms with E-state index in [4.69, 9.17) is 17.3 Å². The van der Waals surface area contributed by atoms with Gasteiger partial charge < -0.3 is 11.1 Å². The lowest BCUT2D eigenvalue weighted by Crippen LogP contribution is -2.21. The van der Waals surface area contributed by atoms with Crippen molar-refractivity contribution >= 4 is 39.7 Å². The Bertz CT molecular complexity index is 466. The topological polar surface area (TPSA) is 72.2 Å². The maximum absolute atomic E-state index is 11.7. The van der Waals surface area contributed by atoms with E-state index in [9.17, 15) is 9.00 Å². The highest BCUT2D eigenvalue weighted by molar-refractivity contribution is 7.85. The summed E-state index contributed by atoms with van der Waals surface area (Å²) in [5.41, 5.74) is 6.59. The third kappa shape index (κ3) is 6.07. The zero-order chi connectivity index (χ0) is 14.3. The van der Waals surface area contributed by atoms with Crippen molar-refractivity contribution in [1.29, 1.82) is 0 Å². The van der Waals surface area contributed by atoms with Crippen LogP contribution < -0.4 is 11.1 Å². The molecule has 1 amide bonds. The van der Waals surface area contributed by atoms with Gasteiger partial charge >= 0.3 is 0 Å². The third-order valence-corrected chi connectivity index (χ3v) is 4.19. The number of carbonyl (C=O) groups excluding carboxylic acids is 1. The molecule has 19 heavy (non-hydrogen) atoms. The van der Waals surface area contributed by atoms with Crippen molar-refractivity contribution in [3.05, 3.63) is 23.2 Å². The standard InChI is InChI=1S/C13H19ClN2O2S/c1-2-3-4-7-19(18)9-13(17)16-12-8-10(15)5-6-11(12)14/h5-6,8H,2-4,7,9,15H2,1H3,(H,16,17). The molecule has 1 aromatic carbocycles. The number of rotatable bonds is 7. The monoisotopic (exact) mass is 302 g/mol. The van der Waals surface area contributed by atoms with E-state index < -0.39 is 10.8 Å². The van der Waals surface area contributed by atoms with Crippen LogP contribution >= 0.6 is 11.6 Å². The van der Waals surface area contributed by atoms with Gasteiger partial charge in [-0.3, -0.25) is 9.00 Å². The van der Waals surface area contributed by atoms with Gasteiger partial charge in [-0.2, -0.15) is 0 Å². The molecule has 1 unspecified atom stereocenters. The minimum atomic E-state index is -1.12. The summed E-state index contributed by atoms with van der Waals surface area (Å²) in [5.74, 6) is 0.253. The highest BCUT2D eigenvalue weighted by Crippen LogP contribution is 2.23. The first-order valence-corrected chi connectivity index (χ1v) is 8.09. The summed E-state index contributed by atoms with van der Waals surface area (Å²) in [7, 11) is -1.12. The molecule has 0 aromatic heterocycles. The number of unbranched alkanes of at least 4 members (excludes halogenated alkanes) is 2. The molecule has 0 saturated carbocycles. The molecule has 0 aliphatic carbocycles. The van der Waals surface area contributed by atoms with Gasteiger partial charge in [0.1, 0.15) is 5.75 Å². The lowest BCUT2D eigenvalue weighted by molar-refractivity contribution is -0.113. The van der Waals surface area contributed by atoms with E-state index in [1.807, 2.05) is 0 Å². The molecule has 4 nitrogen and oxygen atoms in total. The summed E-state index contributed by atoms with van der Waals surface area (Å²) < 4.78 is 11.7. The van der Waals surface area contributed by atoms with Gasteiger partial charge in [0.2, 0.25) is 5.91 Å². The summed E-state index contributed by atoms with van der Waals surface area (Å²) in [5, 5.41) is 3.04. The van der Waals surface area contributed by atoms with Crippen LogP contribution in [0.3, 0.4) is 0 Å². The molecule has 106 valence electrons. The van der Waals surface area contributed by atoms with Gasteiger partial charge in [-0.25, -0.2) is 0 Å². The van der Waals surface area contributed by atoms with Crippen LogP contribution in [0.4, 0.5) is 11.4 Å². The summed E-state index contributed by atoms with van der Waals surface area (Å²) in [6.07, 6.45) is 2.99. The van der Waals surface area contributed by atoms with Crippen molar-refractivity contribution in [3.63, 3.8) is 0 Å². The second-order valence-corrected chi connectivity index (χ2v) is 6.27. The number of carbonyl (C=O) groups is 1. The van der Waals surface area contributed by atoms with E-state index in [1.54, 1.807) is 18.2 Å². The molecule has 1 atom stereocenters. The van der Waals surface area contributed by atoms with Crippen LogP contribution in [-0.4, -0.2) is 21.6 Å². The number of anilines is 2. The highest BCUT2D eigenvalue weighted by Gasteiger charge is 2.10. The Morgan fingerprint density at radius 1 is 1.42 bits per heavy atom. The van der Waals surface area contributed by atoms with Crippen molar-refractivity contribution in [3.8, 4) is 0 Å². The van der Waals surface area contributed by atoms with Crippen LogP contribution in [0.25, 0.3) is 0 Å². The quantitative estimate of drug-likeness (QED) is 0.601. The zero-order valence-electron chi connectivity index (χ0n) is 10.9. The van der Waals surface area contributed by atoms with Gasteiger partial charge in [-0.15, -0.1) is 0 Å². The maximum atomic E-state index is 11.7. The number of hydrogen-bond donors (Lipinski definition) is 2. The van der Waals surface area contributed by atoms with Gasteiger partial charge in [-0.05, 0) is 24.6 Å². The fourth-order valence-electron chi connectivity index (χ4n) is 1.56. The Kier molecular flexibility index (Phi) is 6.87. The largest absolute Gasteiger partial charge is 0.399 e. The first kappa shape index (κ1) is 16.0. The molecule has 3 N–H and O–H groups in total. The minimum Gasteiger partial charge on any atom is -0.399 e. The van der Waals surface area contributed by atoms with Crippen molar-refractivity contribution in [2.24, 2.45) is 0 Å². The lowest BCUT2D eigenvalue weighted by Gasteiger charge is -2.08. The van der Waals surface area contributed by atoms with Gasteiger partial charge in [0.05, 0.1) is 10.7 Å². The normalized spacial score (nSPS) is 12.1. The molecule has 0 heterocycles. The summed E-state index contributed by atoms with van der Waals surface area (Å²) in [6, 6.07) is 4.85. The molecule has 0 spiro atoms. The maximum Gasteiger partial charge on any atom is 0.237 e. The molecule has 0 aliphatic rings. The van der Waals surface area contributed by atoms with Gasteiger partial charge in [0.25, 0.3) is 0 Å². The van der Waals surface area contributed by atoms with Crippen LogP contribution in [-0.2, 0) is 15.6 Å². The Hall–Kier alpha value is -1.07. The van der Waals surface area contributed by atoms with E-state index in [0.717, 1.165) is 19.3 Å². The van der Waals surface area contributed by atoms with Crippen LogP contribution in [0.5, 0.6) is 0 Å². The number of hydrogen-bond acceptors (Lipinski definition) is 3. The highest BCUT2D eigenvalue weighted by atomic mass is 35.5. The summed E-state index contributed by atoms with van der Waals surface area (Å²) in [6.45, 7) is 2.08. The smallest absolute Gasteiger partial charge is 0.237 e. The first-order chi connectivity index (χ1) is 9.02. The van der Waals surface area contributed by atoms with E-state index in [-0.39, 0.29) is 11.7 Å². The molecule has 1 aromatic rings. The van der Waals surface area contributed by atoms with E-state index >= 15 is 0 Å². The predicted octanol–water partition coefficient (Wildman–Crippen LogP) is 2.80. The molecule has 1 rings (SSSR count). The van der Waals surface area contributed by atoms with Crippen LogP contribution in [0.15, 0.2) is 18.2 Å². The van der Waals surface area contributed by atoms with Gasteiger partial charge in [-0.1, -0.05) is 31.4 Å². The first-order valence-electron chi connectivity index (χ1n) is 6.22. The summed E-state index contributed by atoms with van der Waals surface area (Å²) >= 11 is 5.93. The number of nitrogens with two attached hydrogens (primary N) is 1. The van der Waals surface area contributed by atoms with E-state index in [0.29, 0.717) is 22.2 Å². The Morgan fingerprint density at radius 3 is 2.84 bits per heavy atom. The van der Waals surface area contributed by atoms with Crippen molar-refractivity contribution in [2.45, 2.75) is 26.2 Å². The SMILES string of the molecule is CCCCCS(=O)CC(=O)Nc1cc(N)ccc1Cl. The average molecular weight is 303 g/mol. The second kappa shape index (κ2) is 8.17. The Morgan fingerprint density at radius 2 is 2.16 bits per heavy atom. The van der Waals surface area contributed by atoms with Gasteiger partial charge in [0.15, 0.2) is 0 Å². The molecule has 0 bridgehead atoms. The zero-order valence-corrected chi connectivity index (χ0v) is 12.5. The Balaban J connectivity index is 2.46. The molecular formula is C13H19ClN2O2S. The van der Waals surface area contributed by atoms with Crippen LogP contribution in [0, 0.1) is 0 Å². The summed E-state index contributed by atoms with van der Waals surface area (Å²) in [4.78, 5) is 11.7. The van der Waals surface area contributed by atoms with E-state index in [2.05, 4.69) is 12.2 Å². The second-order valence-electron chi connectivity index (χ2n) is 4.28. The number of benzene rings is 1. The average Bonchev–Trinajstić information content (AvgIpc) is 2.34. The van der Waals surface area contributed by atoms with Gasteiger partial charge in [0, 0.05) is 22.2 Å². The van der Waals surface area contributed by atoms with Crippen molar-refractivity contribution in [1.82, 2.24) is 0 Å². The number of nitrogens with one attached hydrogen (secondary N) is 1. The molecule has 6 heteroatoms. The molecule has 0 aliphatic heterocycles. The number of nitrogen functional groups attached to an aromatic ring is 1. The fourth-order valence-corrected chi connectivity index (χ4v) is 2.76. The lowest BCUT2D eigenvalue weighted by atomic mass is 10.3. The molecular weight excluding hydrogens is 284 g/mol. The molecule has 0 saturated heterocycles. The number of amides is 1. The van der Waals surface area contributed by atoms with Crippen molar-refractivity contribution in [2.75, 3.05) is 22.6 Å². The number of halogens is 1. The minimum absolute atomic E-state index is 0.00512. The fraction of sp³-hybridized carbons (Fsp3) is 0.462. The predicted molar refractivity (Wildman–Crippen MR) is 81.9 cm³/mol. The Labute approximate surface area is 121 Å². The van der Waals surface area contributed by atoms with Crippen LogP contribution in [0.1, 0.15) is 26.2 Å². The van der Waals surface area contributed by atoms with Crippen LogP contribution in [0.2, 0.25) is 5.02 Å². The molecule has 0 radical (unpaired) electrons. The molecule has 0 fully saturated rings. The van der Waals surface area contributed by atoms with Crippen molar-refractivity contribution < 1.29 is 9.00 Å². The van der Waals surface area contributed by atoms with E-state index in [1.165, 1.54) is 0 Å². The third-order valence-electron chi connectivity index (χ3n) is 2.53.